The zero-order valence-electron chi connectivity index (χ0n) is 11.3. The molecule has 6 heteroatoms. The van der Waals surface area contributed by atoms with Crippen molar-refractivity contribution < 1.29 is 9.13 Å². The van der Waals surface area contributed by atoms with E-state index in [0.29, 0.717) is 24.1 Å². The summed E-state index contributed by atoms with van der Waals surface area (Å²) in [6.07, 6.45) is 2.49. The molecule has 0 unspecified atom stereocenters. The molecule has 0 radical (unpaired) electrons. The summed E-state index contributed by atoms with van der Waals surface area (Å²) in [4.78, 5) is 8.37. The van der Waals surface area contributed by atoms with Gasteiger partial charge in [-0.15, -0.1) is 0 Å². The molecule has 0 aliphatic heterocycles. The second-order valence-electron chi connectivity index (χ2n) is 4.14. The Morgan fingerprint density at radius 3 is 2.90 bits per heavy atom. The number of aromatic nitrogens is 2. The van der Waals surface area contributed by atoms with Crippen LogP contribution in [0.1, 0.15) is 6.42 Å². The second kappa shape index (κ2) is 7.40. The minimum absolute atomic E-state index is 0.319. The van der Waals surface area contributed by atoms with Crippen molar-refractivity contribution in [3.05, 3.63) is 42.3 Å². The monoisotopic (exact) mass is 276 g/mol. The van der Waals surface area contributed by atoms with E-state index in [4.69, 9.17) is 4.74 Å². The standard InChI is InChI=1S/C14H17FN4O/c1-20-10-4-8-16-14-17-9-7-13(19-14)18-12-6-3-2-5-11(12)15/h2-3,5-7,9H,4,8,10H2,1H3,(H2,16,17,18,19). The lowest BCUT2D eigenvalue weighted by molar-refractivity contribution is 0.197. The molecule has 1 aromatic heterocycles. The van der Waals surface area contributed by atoms with Gasteiger partial charge in [0.15, 0.2) is 0 Å². The fraction of sp³-hybridized carbons (Fsp3) is 0.286. The third-order valence-corrected chi connectivity index (χ3v) is 2.60. The van der Waals surface area contributed by atoms with Crippen LogP contribution in [0, 0.1) is 5.82 Å². The number of rotatable bonds is 7. The van der Waals surface area contributed by atoms with Gasteiger partial charge in [-0.25, -0.2) is 9.37 Å². The molecule has 0 saturated heterocycles. The van der Waals surface area contributed by atoms with E-state index in [1.807, 2.05) is 0 Å². The Kier molecular flexibility index (Phi) is 5.25. The SMILES string of the molecule is COCCCNc1nccc(Nc2ccccc2F)n1. The molecule has 106 valence electrons. The second-order valence-corrected chi connectivity index (χ2v) is 4.14. The first-order chi connectivity index (χ1) is 9.79. The Balaban J connectivity index is 1.97. The Labute approximate surface area is 117 Å². The van der Waals surface area contributed by atoms with Crippen molar-refractivity contribution >= 4 is 17.5 Å². The molecule has 0 fully saturated rings. The summed E-state index contributed by atoms with van der Waals surface area (Å²) in [7, 11) is 1.66. The molecule has 1 heterocycles. The van der Waals surface area contributed by atoms with Gasteiger partial charge in [-0.3, -0.25) is 0 Å². The molecular formula is C14H17FN4O. The number of nitrogens with zero attached hydrogens (tertiary/aromatic N) is 2. The van der Waals surface area contributed by atoms with E-state index in [0.717, 1.165) is 13.0 Å². The van der Waals surface area contributed by atoms with Crippen molar-refractivity contribution in [3.8, 4) is 0 Å². The van der Waals surface area contributed by atoms with Crippen LogP contribution in [0.2, 0.25) is 0 Å². The summed E-state index contributed by atoms with van der Waals surface area (Å²) in [5, 5.41) is 6.01. The molecule has 2 aromatic rings. The predicted molar refractivity (Wildman–Crippen MR) is 76.7 cm³/mol. The van der Waals surface area contributed by atoms with Crippen LogP contribution in [0.3, 0.4) is 0 Å². The number of methoxy groups -OCH3 is 1. The number of ether oxygens (including phenoxy) is 1. The molecule has 2 N–H and O–H groups in total. The molecule has 5 nitrogen and oxygen atoms in total. The molecule has 2 rings (SSSR count). The van der Waals surface area contributed by atoms with Crippen LogP contribution in [0.25, 0.3) is 0 Å². The van der Waals surface area contributed by atoms with Crippen molar-refractivity contribution in [1.29, 1.82) is 0 Å². The maximum absolute atomic E-state index is 13.5. The van der Waals surface area contributed by atoms with Gasteiger partial charge in [-0.2, -0.15) is 4.98 Å². The van der Waals surface area contributed by atoms with Crippen LogP contribution in [-0.2, 0) is 4.74 Å². The van der Waals surface area contributed by atoms with E-state index in [9.17, 15) is 4.39 Å². The fourth-order valence-electron chi connectivity index (χ4n) is 1.63. The number of halogens is 1. The van der Waals surface area contributed by atoms with Gasteiger partial charge in [0.05, 0.1) is 5.69 Å². The van der Waals surface area contributed by atoms with E-state index in [-0.39, 0.29) is 5.82 Å². The average Bonchev–Trinajstić information content (AvgIpc) is 2.47. The Bertz CT molecular complexity index is 550. The maximum atomic E-state index is 13.5. The van der Waals surface area contributed by atoms with Gasteiger partial charge < -0.3 is 15.4 Å². The Morgan fingerprint density at radius 2 is 2.10 bits per heavy atom. The van der Waals surface area contributed by atoms with E-state index >= 15 is 0 Å². The van der Waals surface area contributed by atoms with Gasteiger partial charge in [-0.05, 0) is 24.6 Å². The highest BCUT2D eigenvalue weighted by Crippen LogP contribution is 2.18. The van der Waals surface area contributed by atoms with Gasteiger partial charge >= 0.3 is 0 Å². The quantitative estimate of drug-likeness (QED) is 0.761. The third-order valence-electron chi connectivity index (χ3n) is 2.60. The number of hydrogen-bond donors (Lipinski definition) is 2. The summed E-state index contributed by atoms with van der Waals surface area (Å²) in [6.45, 7) is 1.40. The minimum Gasteiger partial charge on any atom is -0.385 e. The first-order valence-corrected chi connectivity index (χ1v) is 6.37. The predicted octanol–water partition coefficient (Wildman–Crippen LogP) is 2.81. The molecule has 1 aromatic carbocycles. The van der Waals surface area contributed by atoms with Crippen LogP contribution in [0.15, 0.2) is 36.5 Å². The van der Waals surface area contributed by atoms with Crippen molar-refractivity contribution in [2.75, 3.05) is 30.9 Å². The van der Waals surface area contributed by atoms with Crippen LogP contribution in [0.4, 0.5) is 21.8 Å². The smallest absolute Gasteiger partial charge is 0.224 e. The average molecular weight is 276 g/mol. The van der Waals surface area contributed by atoms with Crippen molar-refractivity contribution in [2.24, 2.45) is 0 Å². The van der Waals surface area contributed by atoms with Crippen molar-refractivity contribution in [2.45, 2.75) is 6.42 Å². The first-order valence-electron chi connectivity index (χ1n) is 6.37. The van der Waals surface area contributed by atoms with Gasteiger partial charge in [0.2, 0.25) is 5.95 Å². The number of hydrogen-bond acceptors (Lipinski definition) is 5. The molecule has 0 amide bonds. The molecule has 0 saturated carbocycles. The van der Waals surface area contributed by atoms with Gasteiger partial charge in [-0.1, -0.05) is 12.1 Å². The number of nitrogens with one attached hydrogen (secondary N) is 2. The highest BCUT2D eigenvalue weighted by molar-refractivity contribution is 5.57. The molecular weight excluding hydrogens is 259 g/mol. The summed E-state index contributed by atoms with van der Waals surface area (Å²) >= 11 is 0. The lowest BCUT2D eigenvalue weighted by Crippen LogP contribution is -2.08. The molecule has 0 spiro atoms. The Hall–Kier alpha value is -2.21. The third kappa shape index (κ3) is 4.17. The lowest BCUT2D eigenvalue weighted by atomic mass is 10.3. The summed E-state index contributed by atoms with van der Waals surface area (Å²) in [5.41, 5.74) is 0.386. The van der Waals surface area contributed by atoms with E-state index < -0.39 is 0 Å². The molecule has 20 heavy (non-hydrogen) atoms. The number of benzene rings is 1. The molecule has 0 bridgehead atoms. The highest BCUT2D eigenvalue weighted by Gasteiger charge is 2.03. The largest absolute Gasteiger partial charge is 0.385 e. The highest BCUT2D eigenvalue weighted by atomic mass is 19.1. The van der Waals surface area contributed by atoms with E-state index in [1.54, 1.807) is 37.6 Å². The van der Waals surface area contributed by atoms with Gasteiger partial charge in [0.25, 0.3) is 0 Å². The van der Waals surface area contributed by atoms with Crippen LogP contribution in [-0.4, -0.2) is 30.2 Å². The van der Waals surface area contributed by atoms with Crippen LogP contribution in [0.5, 0.6) is 0 Å². The number of anilines is 3. The number of para-hydroxylation sites is 1. The van der Waals surface area contributed by atoms with Crippen molar-refractivity contribution in [3.63, 3.8) is 0 Å². The Morgan fingerprint density at radius 1 is 1.25 bits per heavy atom. The maximum Gasteiger partial charge on any atom is 0.224 e. The topological polar surface area (TPSA) is 59.1 Å². The lowest BCUT2D eigenvalue weighted by Gasteiger charge is -2.08. The zero-order valence-corrected chi connectivity index (χ0v) is 11.3. The van der Waals surface area contributed by atoms with Gasteiger partial charge in [0.1, 0.15) is 11.6 Å². The van der Waals surface area contributed by atoms with E-state index in [2.05, 4.69) is 20.6 Å². The molecule has 0 aliphatic carbocycles. The fourth-order valence-corrected chi connectivity index (χ4v) is 1.63. The van der Waals surface area contributed by atoms with Crippen LogP contribution >= 0.6 is 0 Å². The van der Waals surface area contributed by atoms with E-state index in [1.165, 1.54) is 6.07 Å². The van der Waals surface area contributed by atoms with Crippen molar-refractivity contribution in [1.82, 2.24) is 9.97 Å². The molecule has 0 aliphatic rings. The summed E-state index contributed by atoms with van der Waals surface area (Å²) in [5.74, 6) is 0.725. The molecule has 0 atom stereocenters. The minimum atomic E-state index is -0.319. The van der Waals surface area contributed by atoms with Crippen LogP contribution < -0.4 is 10.6 Å². The van der Waals surface area contributed by atoms with Gasteiger partial charge in [0, 0.05) is 26.5 Å². The normalized spacial score (nSPS) is 10.3. The first kappa shape index (κ1) is 14.2. The summed E-state index contributed by atoms with van der Waals surface area (Å²) in [6, 6.07) is 8.14. The summed E-state index contributed by atoms with van der Waals surface area (Å²) < 4.78 is 18.5. The zero-order chi connectivity index (χ0) is 14.2.